The smallest absolute Gasteiger partial charge is 0.228 e. The molecule has 8 nitrogen and oxygen atoms in total. The third-order valence-electron chi connectivity index (χ3n) is 5.79. The molecule has 0 bridgehead atoms. The van der Waals surface area contributed by atoms with Gasteiger partial charge in [-0.2, -0.15) is 4.39 Å². The number of hydrogen-bond acceptors (Lipinski definition) is 7. The first-order chi connectivity index (χ1) is 16.6. The van der Waals surface area contributed by atoms with Crippen molar-refractivity contribution in [2.75, 3.05) is 23.7 Å². The number of hydrogen-bond donors (Lipinski definition) is 3. The average Bonchev–Trinajstić information content (AvgIpc) is 3.71. The molecule has 0 radical (unpaired) electrons. The summed E-state index contributed by atoms with van der Waals surface area (Å²) in [5.41, 5.74) is 0.811. The first-order valence-corrected chi connectivity index (χ1v) is 11.3. The molecule has 1 aliphatic carbocycles. The number of halogens is 3. The van der Waals surface area contributed by atoms with Crippen molar-refractivity contribution in [2.45, 2.75) is 31.7 Å². The molecule has 5 rings (SSSR count). The van der Waals surface area contributed by atoms with E-state index < -0.39 is 11.6 Å². The van der Waals surface area contributed by atoms with E-state index in [1.807, 2.05) is 0 Å². The highest BCUT2D eigenvalue weighted by Gasteiger charge is 2.30. The van der Waals surface area contributed by atoms with Crippen molar-refractivity contribution in [1.29, 1.82) is 0 Å². The van der Waals surface area contributed by atoms with E-state index >= 15 is 0 Å². The van der Waals surface area contributed by atoms with Gasteiger partial charge in [-0.05, 0) is 62.6 Å². The van der Waals surface area contributed by atoms with Crippen LogP contribution in [0.4, 0.5) is 20.4 Å². The lowest BCUT2D eigenvalue weighted by Gasteiger charge is -2.23. The number of benzene rings is 1. The maximum absolute atomic E-state index is 14.8. The SMILES string of the molecule is Cl.O=C(Nc1ccc(Oc2ncccc2-c2ccnc(N[C@H]3CCCNC3)n2)c(F)c1F)C1CC1. The number of nitrogens with zero attached hydrogens (tertiary/aromatic N) is 3. The van der Waals surface area contributed by atoms with Crippen molar-refractivity contribution in [2.24, 2.45) is 5.92 Å². The Morgan fingerprint density at radius 2 is 1.91 bits per heavy atom. The Morgan fingerprint density at radius 3 is 2.69 bits per heavy atom. The Balaban J connectivity index is 0.00000289. The number of carbonyl (C=O) groups is 1. The van der Waals surface area contributed by atoms with Crippen LogP contribution in [0, 0.1) is 17.6 Å². The summed E-state index contributed by atoms with van der Waals surface area (Å²) in [4.78, 5) is 25.0. The monoisotopic (exact) mass is 502 g/mol. The predicted molar refractivity (Wildman–Crippen MR) is 130 cm³/mol. The number of amides is 1. The summed E-state index contributed by atoms with van der Waals surface area (Å²) in [6.07, 6.45) is 6.72. The van der Waals surface area contributed by atoms with Crippen LogP contribution in [-0.4, -0.2) is 40.0 Å². The van der Waals surface area contributed by atoms with Crippen molar-refractivity contribution in [3.8, 4) is 22.9 Å². The Hall–Kier alpha value is -3.37. The molecule has 3 N–H and O–H groups in total. The van der Waals surface area contributed by atoms with Gasteiger partial charge < -0.3 is 20.7 Å². The van der Waals surface area contributed by atoms with Crippen LogP contribution in [-0.2, 0) is 4.79 Å². The maximum Gasteiger partial charge on any atom is 0.228 e. The van der Waals surface area contributed by atoms with E-state index in [0.29, 0.717) is 17.2 Å². The number of aromatic nitrogens is 3. The Labute approximate surface area is 207 Å². The van der Waals surface area contributed by atoms with Crippen LogP contribution < -0.4 is 20.7 Å². The van der Waals surface area contributed by atoms with E-state index in [-0.39, 0.29) is 47.6 Å². The summed E-state index contributed by atoms with van der Waals surface area (Å²) in [6, 6.07) is 7.90. The average molecular weight is 503 g/mol. The van der Waals surface area contributed by atoms with Gasteiger partial charge in [-0.1, -0.05) is 0 Å². The largest absolute Gasteiger partial charge is 0.435 e. The zero-order chi connectivity index (χ0) is 23.5. The molecule has 2 aliphatic rings. The molecule has 1 atom stereocenters. The van der Waals surface area contributed by atoms with Crippen LogP contribution in [0.5, 0.6) is 11.6 Å². The normalized spacial score (nSPS) is 17.3. The van der Waals surface area contributed by atoms with Crippen LogP contribution in [0.3, 0.4) is 0 Å². The van der Waals surface area contributed by atoms with Gasteiger partial charge in [0.2, 0.25) is 23.6 Å². The fourth-order valence-electron chi connectivity index (χ4n) is 3.79. The van der Waals surface area contributed by atoms with Crippen molar-refractivity contribution in [3.63, 3.8) is 0 Å². The molecule has 1 saturated heterocycles. The predicted octanol–water partition coefficient (Wildman–Crippen LogP) is 4.54. The van der Waals surface area contributed by atoms with Crippen molar-refractivity contribution >= 4 is 29.9 Å². The van der Waals surface area contributed by atoms with Gasteiger partial charge in [0.05, 0.1) is 16.9 Å². The third-order valence-corrected chi connectivity index (χ3v) is 5.79. The Morgan fingerprint density at radius 1 is 1.06 bits per heavy atom. The minimum atomic E-state index is -1.21. The molecule has 1 aliphatic heterocycles. The lowest BCUT2D eigenvalue weighted by Crippen LogP contribution is -2.38. The van der Waals surface area contributed by atoms with E-state index in [0.717, 1.165) is 38.8 Å². The van der Waals surface area contributed by atoms with Gasteiger partial charge in [0.15, 0.2) is 11.6 Å². The summed E-state index contributed by atoms with van der Waals surface area (Å²) >= 11 is 0. The molecule has 1 amide bonds. The molecule has 1 aromatic carbocycles. The molecular weight excluding hydrogens is 478 g/mol. The van der Waals surface area contributed by atoms with Crippen LogP contribution in [0.1, 0.15) is 25.7 Å². The van der Waals surface area contributed by atoms with E-state index in [1.54, 1.807) is 24.4 Å². The topological polar surface area (TPSA) is 101 Å². The molecule has 0 unspecified atom stereocenters. The fraction of sp³-hybridized carbons (Fsp3) is 0.333. The molecule has 35 heavy (non-hydrogen) atoms. The summed E-state index contributed by atoms with van der Waals surface area (Å²) in [7, 11) is 0. The van der Waals surface area contributed by atoms with Crippen LogP contribution in [0.2, 0.25) is 0 Å². The minimum Gasteiger partial charge on any atom is -0.435 e. The van der Waals surface area contributed by atoms with Gasteiger partial charge in [-0.25, -0.2) is 19.3 Å². The van der Waals surface area contributed by atoms with E-state index in [9.17, 15) is 13.6 Å². The standard InChI is InChI=1S/C24H24F2N6O2.ClH/c25-20-18(31-22(33)14-5-6-14)7-8-19(21(20)26)34-23-16(4-2-11-28-23)17-9-12-29-24(32-17)30-15-3-1-10-27-13-15;/h2,4,7-9,11-12,14-15,27H,1,3,5-6,10,13H2,(H,31,33)(H,29,30,32);1H/t15-;/m0./s1. The van der Waals surface area contributed by atoms with Gasteiger partial charge in [-0.3, -0.25) is 4.79 Å². The second kappa shape index (κ2) is 10.9. The number of piperidine rings is 1. The quantitative estimate of drug-likeness (QED) is 0.436. The van der Waals surface area contributed by atoms with Gasteiger partial charge in [0.25, 0.3) is 0 Å². The number of nitrogens with one attached hydrogen (secondary N) is 3. The molecule has 2 fully saturated rings. The summed E-state index contributed by atoms with van der Waals surface area (Å²) in [6.45, 7) is 1.83. The summed E-state index contributed by atoms with van der Waals surface area (Å²) in [5, 5.41) is 9.08. The van der Waals surface area contributed by atoms with Crippen molar-refractivity contribution in [1.82, 2.24) is 20.3 Å². The molecule has 0 spiro atoms. The highest BCUT2D eigenvalue weighted by Crippen LogP contribution is 2.35. The van der Waals surface area contributed by atoms with E-state index in [1.165, 1.54) is 18.3 Å². The highest BCUT2D eigenvalue weighted by molar-refractivity contribution is 5.94. The molecule has 3 aromatic rings. The number of pyridine rings is 1. The zero-order valence-corrected chi connectivity index (χ0v) is 19.6. The zero-order valence-electron chi connectivity index (χ0n) is 18.8. The highest BCUT2D eigenvalue weighted by atomic mass is 35.5. The number of ether oxygens (including phenoxy) is 1. The van der Waals surface area contributed by atoms with Gasteiger partial charge in [0, 0.05) is 30.9 Å². The lowest BCUT2D eigenvalue weighted by atomic mass is 10.1. The number of carbonyl (C=O) groups excluding carboxylic acids is 1. The van der Waals surface area contributed by atoms with Crippen LogP contribution in [0.25, 0.3) is 11.3 Å². The fourth-order valence-corrected chi connectivity index (χ4v) is 3.79. The van der Waals surface area contributed by atoms with Gasteiger partial charge in [-0.15, -0.1) is 12.4 Å². The molecular formula is C24H25ClF2N6O2. The Bertz CT molecular complexity index is 1200. The van der Waals surface area contributed by atoms with E-state index in [4.69, 9.17) is 4.74 Å². The molecule has 184 valence electrons. The second-order valence-electron chi connectivity index (χ2n) is 8.41. The van der Waals surface area contributed by atoms with Crippen molar-refractivity contribution in [3.05, 3.63) is 54.4 Å². The van der Waals surface area contributed by atoms with Crippen LogP contribution in [0.15, 0.2) is 42.7 Å². The second-order valence-corrected chi connectivity index (χ2v) is 8.41. The third kappa shape index (κ3) is 5.83. The van der Waals surface area contributed by atoms with E-state index in [2.05, 4.69) is 30.9 Å². The molecule has 3 heterocycles. The van der Waals surface area contributed by atoms with Gasteiger partial charge >= 0.3 is 0 Å². The number of rotatable bonds is 7. The first-order valence-electron chi connectivity index (χ1n) is 11.3. The first kappa shape index (κ1) is 24.7. The summed E-state index contributed by atoms with van der Waals surface area (Å²) in [5.74, 6) is -2.64. The molecule has 2 aromatic heterocycles. The van der Waals surface area contributed by atoms with Crippen LogP contribution >= 0.6 is 12.4 Å². The molecule has 1 saturated carbocycles. The number of anilines is 2. The summed E-state index contributed by atoms with van der Waals surface area (Å²) < 4.78 is 35.0. The molecule has 11 heteroatoms. The maximum atomic E-state index is 14.8. The minimum absolute atomic E-state index is 0. The van der Waals surface area contributed by atoms with Gasteiger partial charge in [0.1, 0.15) is 0 Å². The Kier molecular flexibility index (Phi) is 7.72. The van der Waals surface area contributed by atoms with Crippen molar-refractivity contribution < 1.29 is 18.3 Å². The lowest BCUT2D eigenvalue weighted by molar-refractivity contribution is -0.117.